The SMILES string of the molecule is CCCc1c(C(=O)NCc2cccnc2)cnn1CC(F)(F)F. The van der Waals surface area contributed by atoms with Crippen molar-refractivity contribution in [3.05, 3.63) is 47.5 Å². The summed E-state index contributed by atoms with van der Waals surface area (Å²) in [6.07, 6.45) is 1.01. The van der Waals surface area contributed by atoms with Gasteiger partial charge in [-0.15, -0.1) is 0 Å². The molecule has 5 nitrogen and oxygen atoms in total. The third-order valence-corrected chi connectivity index (χ3v) is 3.19. The van der Waals surface area contributed by atoms with Crippen LogP contribution in [0.2, 0.25) is 0 Å². The molecule has 0 saturated heterocycles. The monoisotopic (exact) mass is 326 g/mol. The zero-order chi connectivity index (χ0) is 16.9. The van der Waals surface area contributed by atoms with E-state index in [1.54, 1.807) is 24.5 Å². The molecule has 0 aliphatic rings. The molecule has 2 aromatic heterocycles. The van der Waals surface area contributed by atoms with Crippen LogP contribution in [0.15, 0.2) is 30.7 Å². The van der Waals surface area contributed by atoms with Crippen LogP contribution in [0.5, 0.6) is 0 Å². The minimum absolute atomic E-state index is 0.181. The second-order valence-corrected chi connectivity index (χ2v) is 5.07. The van der Waals surface area contributed by atoms with Crippen LogP contribution < -0.4 is 5.32 Å². The lowest BCUT2D eigenvalue weighted by atomic mass is 10.1. The number of carbonyl (C=O) groups excluding carboxylic acids is 1. The minimum atomic E-state index is -4.38. The Morgan fingerprint density at radius 2 is 2.13 bits per heavy atom. The summed E-state index contributed by atoms with van der Waals surface area (Å²) in [5.74, 6) is -0.439. The van der Waals surface area contributed by atoms with Gasteiger partial charge in [-0.1, -0.05) is 19.4 Å². The van der Waals surface area contributed by atoms with Crippen LogP contribution in [0.4, 0.5) is 13.2 Å². The topological polar surface area (TPSA) is 59.8 Å². The summed E-state index contributed by atoms with van der Waals surface area (Å²) in [6, 6.07) is 3.54. The second kappa shape index (κ2) is 7.26. The molecule has 0 radical (unpaired) electrons. The number of pyridine rings is 1. The molecular formula is C15H17F3N4O. The first-order valence-electron chi connectivity index (χ1n) is 7.19. The van der Waals surface area contributed by atoms with Crippen LogP contribution >= 0.6 is 0 Å². The molecule has 0 spiro atoms. The number of hydrogen-bond acceptors (Lipinski definition) is 3. The van der Waals surface area contributed by atoms with E-state index in [1.165, 1.54) is 6.20 Å². The summed E-state index contributed by atoms with van der Waals surface area (Å²) < 4.78 is 38.6. The van der Waals surface area contributed by atoms with Crippen molar-refractivity contribution < 1.29 is 18.0 Å². The smallest absolute Gasteiger partial charge is 0.348 e. The van der Waals surface area contributed by atoms with Gasteiger partial charge >= 0.3 is 6.18 Å². The fourth-order valence-electron chi connectivity index (χ4n) is 2.19. The van der Waals surface area contributed by atoms with Gasteiger partial charge in [-0.2, -0.15) is 18.3 Å². The van der Waals surface area contributed by atoms with E-state index in [0.29, 0.717) is 18.5 Å². The van der Waals surface area contributed by atoms with E-state index < -0.39 is 18.6 Å². The summed E-state index contributed by atoms with van der Waals surface area (Å²) >= 11 is 0. The van der Waals surface area contributed by atoms with Crippen molar-refractivity contribution in [3.8, 4) is 0 Å². The van der Waals surface area contributed by atoms with Gasteiger partial charge in [-0.25, -0.2) is 0 Å². The molecule has 23 heavy (non-hydrogen) atoms. The lowest BCUT2D eigenvalue weighted by Gasteiger charge is -2.11. The van der Waals surface area contributed by atoms with E-state index in [1.807, 2.05) is 6.92 Å². The Hall–Kier alpha value is -2.38. The zero-order valence-corrected chi connectivity index (χ0v) is 12.6. The number of carbonyl (C=O) groups is 1. The maximum absolute atomic E-state index is 12.6. The highest BCUT2D eigenvalue weighted by Crippen LogP contribution is 2.20. The van der Waals surface area contributed by atoms with Crippen molar-refractivity contribution in [2.45, 2.75) is 39.0 Å². The first-order chi connectivity index (χ1) is 10.9. The van der Waals surface area contributed by atoms with E-state index >= 15 is 0 Å². The molecule has 124 valence electrons. The molecule has 0 aliphatic heterocycles. The van der Waals surface area contributed by atoms with Gasteiger partial charge in [0, 0.05) is 18.9 Å². The number of rotatable bonds is 6. The van der Waals surface area contributed by atoms with Gasteiger partial charge in [-0.3, -0.25) is 14.5 Å². The molecule has 0 unspecified atom stereocenters. The lowest BCUT2D eigenvalue weighted by molar-refractivity contribution is -0.143. The summed E-state index contributed by atoms with van der Waals surface area (Å²) in [7, 11) is 0. The van der Waals surface area contributed by atoms with E-state index in [0.717, 1.165) is 10.2 Å². The molecule has 1 N–H and O–H groups in total. The van der Waals surface area contributed by atoms with Crippen molar-refractivity contribution in [3.63, 3.8) is 0 Å². The highest BCUT2D eigenvalue weighted by Gasteiger charge is 2.30. The van der Waals surface area contributed by atoms with Gasteiger partial charge in [0.15, 0.2) is 0 Å². The molecule has 0 saturated carbocycles. The van der Waals surface area contributed by atoms with Gasteiger partial charge in [0.05, 0.1) is 17.5 Å². The Morgan fingerprint density at radius 1 is 1.35 bits per heavy atom. The fraction of sp³-hybridized carbons (Fsp3) is 0.400. The van der Waals surface area contributed by atoms with Gasteiger partial charge in [0.1, 0.15) is 6.54 Å². The average molecular weight is 326 g/mol. The molecule has 0 atom stereocenters. The van der Waals surface area contributed by atoms with Crippen molar-refractivity contribution >= 4 is 5.91 Å². The van der Waals surface area contributed by atoms with Gasteiger partial charge < -0.3 is 5.32 Å². The van der Waals surface area contributed by atoms with Crippen molar-refractivity contribution in [2.24, 2.45) is 0 Å². The first-order valence-corrected chi connectivity index (χ1v) is 7.19. The van der Waals surface area contributed by atoms with Crippen LogP contribution in [0.1, 0.15) is 35.0 Å². The first kappa shape index (κ1) is 17.0. The summed E-state index contributed by atoms with van der Waals surface area (Å²) in [6.45, 7) is 0.892. The number of amides is 1. The molecule has 8 heteroatoms. The minimum Gasteiger partial charge on any atom is -0.348 e. The van der Waals surface area contributed by atoms with E-state index in [4.69, 9.17) is 0 Å². The standard InChI is InChI=1S/C15H17F3N4O/c1-2-4-13-12(9-21-22(13)10-15(16,17)18)14(23)20-8-11-5-3-6-19-7-11/h3,5-7,9H,2,4,8,10H2,1H3,(H,20,23). The van der Waals surface area contributed by atoms with Gasteiger partial charge in [0.25, 0.3) is 5.91 Å². The molecule has 0 fully saturated rings. The van der Waals surface area contributed by atoms with Crippen LogP contribution in [0.25, 0.3) is 0 Å². The number of nitrogens with zero attached hydrogens (tertiary/aromatic N) is 3. The van der Waals surface area contributed by atoms with E-state index in [-0.39, 0.29) is 12.1 Å². The Balaban J connectivity index is 2.13. The normalized spacial score (nSPS) is 11.5. The average Bonchev–Trinajstić information content (AvgIpc) is 2.87. The predicted octanol–water partition coefficient (Wildman–Crippen LogP) is 2.72. The highest BCUT2D eigenvalue weighted by molar-refractivity contribution is 5.95. The van der Waals surface area contributed by atoms with Crippen molar-refractivity contribution in [1.29, 1.82) is 0 Å². The summed E-state index contributed by atoms with van der Waals surface area (Å²) in [5, 5.41) is 6.40. The van der Waals surface area contributed by atoms with Gasteiger partial charge in [-0.05, 0) is 18.1 Å². The van der Waals surface area contributed by atoms with Crippen molar-refractivity contribution in [2.75, 3.05) is 0 Å². The third kappa shape index (κ3) is 4.80. The maximum Gasteiger partial charge on any atom is 0.408 e. The third-order valence-electron chi connectivity index (χ3n) is 3.19. The van der Waals surface area contributed by atoms with Crippen LogP contribution in [-0.4, -0.2) is 26.8 Å². The summed E-state index contributed by atoms with van der Waals surface area (Å²) in [5.41, 5.74) is 1.29. The lowest BCUT2D eigenvalue weighted by Crippen LogP contribution is -2.25. The van der Waals surface area contributed by atoms with E-state index in [9.17, 15) is 18.0 Å². The zero-order valence-electron chi connectivity index (χ0n) is 12.6. The Bertz CT molecular complexity index is 652. The van der Waals surface area contributed by atoms with Crippen molar-refractivity contribution in [1.82, 2.24) is 20.1 Å². The Kier molecular flexibility index (Phi) is 5.36. The number of hydrogen-bond donors (Lipinski definition) is 1. The molecular weight excluding hydrogens is 309 g/mol. The molecule has 2 aromatic rings. The molecule has 2 rings (SSSR count). The number of halogens is 3. The highest BCUT2D eigenvalue weighted by atomic mass is 19.4. The fourth-order valence-corrected chi connectivity index (χ4v) is 2.19. The number of aromatic nitrogens is 3. The van der Waals surface area contributed by atoms with Crippen LogP contribution in [0.3, 0.4) is 0 Å². The van der Waals surface area contributed by atoms with Gasteiger partial charge in [0.2, 0.25) is 0 Å². The molecule has 2 heterocycles. The Labute approximate surface area is 131 Å². The summed E-state index contributed by atoms with van der Waals surface area (Å²) in [4.78, 5) is 16.2. The number of alkyl halides is 3. The Morgan fingerprint density at radius 3 is 2.74 bits per heavy atom. The largest absolute Gasteiger partial charge is 0.408 e. The van der Waals surface area contributed by atoms with E-state index in [2.05, 4.69) is 15.4 Å². The maximum atomic E-state index is 12.6. The van der Waals surface area contributed by atoms with Crippen LogP contribution in [-0.2, 0) is 19.5 Å². The quantitative estimate of drug-likeness (QED) is 0.888. The van der Waals surface area contributed by atoms with Crippen LogP contribution in [0, 0.1) is 0 Å². The molecule has 1 amide bonds. The molecule has 0 aromatic carbocycles. The molecule has 0 bridgehead atoms. The predicted molar refractivity (Wildman–Crippen MR) is 77.7 cm³/mol. The second-order valence-electron chi connectivity index (χ2n) is 5.07. The number of nitrogens with one attached hydrogen (secondary N) is 1. The molecule has 0 aliphatic carbocycles.